The van der Waals surface area contributed by atoms with E-state index in [0.717, 1.165) is 29.6 Å². The Balaban J connectivity index is 1.58. The molecule has 102 valence electrons. The number of carboxylic acid groups (broad SMARTS) is 1. The summed E-state index contributed by atoms with van der Waals surface area (Å²) in [5.74, 6) is 4.24. The Kier molecular flexibility index (Phi) is 2.47. The van der Waals surface area contributed by atoms with E-state index in [1.165, 1.54) is 32.1 Å². The van der Waals surface area contributed by atoms with Crippen molar-refractivity contribution in [3.63, 3.8) is 0 Å². The highest BCUT2D eigenvalue weighted by Crippen LogP contribution is 2.59. The van der Waals surface area contributed by atoms with Crippen molar-refractivity contribution in [1.29, 1.82) is 0 Å². The second-order valence-electron chi connectivity index (χ2n) is 6.69. The molecule has 0 spiro atoms. The van der Waals surface area contributed by atoms with Crippen molar-refractivity contribution in [1.82, 2.24) is 4.98 Å². The lowest BCUT2D eigenvalue weighted by Crippen LogP contribution is -2.43. The molecule has 4 heteroatoms. The van der Waals surface area contributed by atoms with Gasteiger partial charge in [0.15, 0.2) is 5.89 Å². The minimum absolute atomic E-state index is 0.0553. The number of nitrogens with zero attached hydrogens (tertiary/aromatic N) is 1. The lowest BCUT2D eigenvalue weighted by molar-refractivity contribution is -0.136. The van der Waals surface area contributed by atoms with Crippen LogP contribution in [0.5, 0.6) is 0 Å². The summed E-state index contributed by atoms with van der Waals surface area (Å²) in [6.45, 7) is 0. The van der Waals surface area contributed by atoms with E-state index in [1.807, 2.05) is 0 Å². The van der Waals surface area contributed by atoms with Crippen molar-refractivity contribution in [2.24, 2.45) is 23.7 Å². The zero-order valence-electron chi connectivity index (χ0n) is 10.9. The van der Waals surface area contributed by atoms with Gasteiger partial charge in [0.2, 0.25) is 0 Å². The van der Waals surface area contributed by atoms with Gasteiger partial charge in [0.05, 0.1) is 6.20 Å². The number of hydrogen-bond donors (Lipinski definition) is 1. The zero-order valence-corrected chi connectivity index (χ0v) is 10.9. The molecule has 4 bridgehead atoms. The van der Waals surface area contributed by atoms with Gasteiger partial charge >= 0.3 is 5.97 Å². The van der Waals surface area contributed by atoms with Crippen LogP contribution in [0, 0.1) is 23.7 Å². The van der Waals surface area contributed by atoms with E-state index in [-0.39, 0.29) is 6.42 Å². The lowest BCUT2D eigenvalue weighted by atomic mass is 9.52. The first-order chi connectivity index (χ1) is 9.19. The van der Waals surface area contributed by atoms with Crippen LogP contribution in [0.4, 0.5) is 0 Å². The van der Waals surface area contributed by atoms with Crippen molar-refractivity contribution < 1.29 is 14.3 Å². The molecule has 4 saturated carbocycles. The molecule has 0 atom stereocenters. The second kappa shape index (κ2) is 4.09. The van der Waals surface area contributed by atoms with Crippen molar-refractivity contribution in [2.75, 3.05) is 0 Å². The number of oxazole rings is 1. The molecule has 1 aromatic rings. The van der Waals surface area contributed by atoms with Gasteiger partial charge in [-0.05, 0) is 55.8 Å². The third-order valence-electron chi connectivity index (χ3n) is 5.41. The van der Waals surface area contributed by atoms with Gasteiger partial charge in [-0.2, -0.15) is 0 Å². The summed E-state index contributed by atoms with van der Waals surface area (Å²) in [5, 5.41) is 8.80. The highest BCUT2D eigenvalue weighted by Gasteiger charge is 2.50. The maximum atomic E-state index is 10.7. The highest BCUT2D eigenvalue weighted by atomic mass is 16.4. The Morgan fingerprint density at radius 2 is 1.84 bits per heavy atom. The monoisotopic (exact) mass is 261 g/mol. The zero-order chi connectivity index (χ0) is 13.0. The summed E-state index contributed by atoms with van der Waals surface area (Å²) >= 11 is 0. The standard InChI is InChI=1S/C15H19NO3/c17-13(18)6-12-7-16-15(19-12)14-10-2-8-1-9(4-10)5-11(14)3-8/h7-11,14H,1-6H2,(H,17,18). The quantitative estimate of drug-likeness (QED) is 0.908. The first kappa shape index (κ1) is 11.5. The maximum absolute atomic E-state index is 10.7. The Morgan fingerprint density at radius 1 is 1.21 bits per heavy atom. The van der Waals surface area contributed by atoms with Gasteiger partial charge in [-0.1, -0.05) is 0 Å². The molecule has 0 unspecified atom stereocenters. The van der Waals surface area contributed by atoms with Crippen LogP contribution in [0.2, 0.25) is 0 Å². The third-order valence-corrected chi connectivity index (χ3v) is 5.41. The fraction of sp³-hybridized carbons (Fsp3) is 0.733. The SMILES string of the molecule is O=C(O)Cc1cnc(C2C3CC4CC(C3)CC2C4)o1. The summed E-state index contributed by atoms with van der Waals surface area (Å²) in [6.07, 6.45) is 8.30. The van der Waals surface area contributed by atoms with Crippen LogP contribution in [0.1, 0.15) is 49.7 Å². The molecule has 0 radical (unpaired) electrons. The molecule has 1 aromatic heterocycles. The Labute approximate surface area is 112 Å². The van der Waals surface area contributed by atoms with Gasteiger partial charge in [-0.15, -0.1) is 0 Å². The van der Waals surface area contributed by atoms with Gasteiger partial charge in [0.25, 0.3) is 0 Å². The second-order valence-corrected chi connectivity index (χ2v) is 6.69. The Bertz CT molecular complexity index is 479. The Morgan fingerprint density at radius 3 is 2.42 bits per heavy atom. The van der Waals surface area contributed by atoms with Crippen molar-refractivity contribution in [2.45, 2.75) is 44.4 Å². The molecule has 0 aliphatic heterocycles. The number of aromatic nitrogens is 1. The largest absolute Gasteiger partial charge is 0.481 e. The first-order valence-corrected chi connectivity index (χ1v) is 7.35. The van der Waals surface area contributed by atoms with E-state index in [2.05, 4.69) is 4.98 Å². The van der Waals surface area contributed by atoms with Gasteiger partial charge in [0, 0.05) is 5.92 Å². The molecule has 0 amide bonds. The normalized spacial score (nSPS) is 39.7. The summed E-state index contributed by atoms with van der Waals surface area (Å²) < 4.78 is 5.73. The van der Waals surface area contributed by atoms with Crippen LogP contribution in [0.15, 0.2) is 10.6 Å². The molecule has 0 saturated heterocycles. The highest BCUT2D eigenvalue weighted by molar-refractivity contribution is 5.69. The average Bonchev–Trinajstić information content (AvgIpc) is 2.75. The van der Waals surface area contributed by atoms with Crippen LogP contribution >= 0.6 is 0 Å². The molecule has 4 aliphatic carbocycles. The molecule has 4 nitrogen and oxygen atoms in total. The molecule has 4 fully saturated rings. The van der Waals surface area contributed by atoms with Crippen LogP contribution in [0.3, 0.4) is 0 Å². The van der Waals surface area contributed by atoms with Gasteiger partial charge in [-0.3, -0.25) is 4.79 Å². The fourth-order valence-corrected chi connectivity index (χ4v) is 5.04. The minimum atomic E-state index is -0.854. The van der Waals surface area contributed by atoms with Crippen molar-refractivity contribution in [3.05, 3.63) is 17.8 Å². The molecule has 0 aromatic carbocycles. The number of carbonyl (C=O) groups is 1. The smallest absolute Gasteiger partial charge is 0.311 e. The predicted octanol–water partition coefficient (Wildman–Crippen LogP) is 2.84. The van der Waals surface area contributed by atoms with Crippen LogP contribution in [-0.4, -0.2) is 16.1 Å². The number of aliphatic carboxylic acids is 1. The lowest BCUT2D eigenvalue weighted by Gasteiger charge is -2.53. The van der Waals surface area contributed by atoms with E-state index in [4.69, 9.17) is 9.52 Å². The first-order valence-electron chi connectivity index (χ1n) is 7.35. The van der Waals surface area contributed by atoms with E-state index >= 15 is 0 Å². The summed E-state index contributed by atoms with van der Waals surface area (Å²) in [6, 6.07) is 0. The van der Waals surface area contributed by atoms with Gasteiger partial charge in [-0.25, -0.2) is 4.98 Å². The van der Waals surface area contributed by atoms with E-state index in [1.54, 1.807) is 6.20 Å². The van der Waals surface area contributed by atoms with E-state index < -0.39 is 5.97 Å². The average molecular weight is 261 g/mol. The fourth-order valence-electron chi connectivity index (χ4n) is 5.04. The van der Waals surface area contributed by atoms with Crippen molar-refractivity contribution in [3.8, 4) is 0 Å². The van der Waals surface area contributed by atoms with Gasteiger partial charge in [0.1, 0.15) is 12.2 Å². The van der Waals surface area contributed by atoms with Crippen LogP contribution in [0.25, 0.3) is 0 Å². The molecule has 19 heavy (non-hydrogen) atoms. The molecule has 1 N–H and O–H groups in total. The molecule has 1 heterocycles. The van der Waals surface area contributed by atoms with Crippen LogP contribution in [-0.2, 0) is 11.2 Å². The molecular weight excluding hydrogens is 242 g/mol. The molecular formula is C15H19NO3. The third kappa shape index (κ3) is 1.88. The Hall–Kier alpha value is -1.32. The summed E-state index contributed by atoms with van der Waals surface area (Å²) in [7, 11) is 0. The molecule has 4 aliphatic rings. The maximum Gasteiger partial charge on any atom is 0.311 e. The van der Waals surface area contributed by atoms with Crippen LogP contribution < -0.4 is 0 Å². The van der Waals surface area contributed by atoms with Crippen molar-refractivity contribution >= 4 is 5.97 Å². The van der Waals surface area contributed by atoms with E-state index in [0.29, 0.717) is 11.7 Å². The number of hydrogen-bond acceptors (Lipinski definition) is 3. The summed E-state index contributed by atoms with van der Waals surface area (Å²) in [5.41, 5.74) is 0. The predicted molar refractivity (Wildman–Crippen MR) is 67.6 cm³/mol. The topological polar surface area (TPSA) is 63.3 Å². The van der Waals surface area contributed by atoms with E-state index in [9.17, 15) is 4.79 Å². The summed E-state index contributed by atoms with van der Waals surface area (Å²) in [4.78, 5) is 15.1. The minimum Gasteiger partial charge on any atom is -0.481 e. The number of carboxylic acids is 1. The van der Waals surface area contributed by atoms with Gasteiger partial charge < -0.3 is 9.52 Å². The number of rotatable bonds is 3. The molecule has 5 rings (SSSR count).